The molecule has 116 valence electrons. The summed E-state index contributed by atoms with van der Waals surface area (Å²) in [6.07, 6.45) is 0.571. The Bertz CT molecular complexity index is 363. The summed E-state index contributed by atoms with van der Waals surface area (Å²) in [4.78, 5) is 26.2. The number of amides is 2. The lowest BCUT2D eigenvalue weighted by Gasteiger charge is -2.31. The van der Waals surface area contributed by atoms with Crippen molar-refractivity contribution in [3.05, 3.63) is 0 Å². The van der Waals surface area contributed by atoms with E-state index in [-0.39, 0.29) is 18.4 Å². The van der Waals surface area contributed by atoms with E-state index < -0.39 is 23.6 Å². The largest absolute Gasteiger partial charge is 0.394 e. The maximum Gasteiger partial charge on any atom is 0.243 e. The minimum Gasteiger partial charge on any atom is -0.394 e. The van der Waals surface area contributed by atoms with E-state index in [0.29, 0.717) is 13.0 Å². The average molecular weight is 286 g/mol. The van der Waals surface area contributed by atoms with Crippen LogP contribution in [0.1, 0.15) is 40.5 Å². The molecule has 0 saturated carbocycles. The Labute approximate surface area is 120 Å². The van der Waals surface area contributed by atoms with Gasteiger partial charge >= 0.3 is 0 Å². The summed E-state index contributed by atoms with van der Waals surface area (Å²) in [5, 5.41) is 21.2. The van der Waals surface area contributed by atoms with Crippen LogP contribution in [0.3, 0.4) is 0 Å². The van der Waals surface area contributed by atoms with Crippen LogP contribution >= 0.6 is 0 Å². The molecule has 0 spiro atoms. The van der Waals surface area contributed by atoms with E-state index in [2.05, 4.69) is 5.32 Å². The number of rotatable bonds is 4. The Morgan fingerprint density at radius 2 is 2.00 bits per heavy atom. The molecule has 1 saturated heterocycles. The van der Waals surface area contributed by atoms with Crippen LogP contribution in [-0.2, 0) is 9.59 Å². The number of likely N-dealkylation sites (tertiary alicyclic amines) is 1. The molecule has 1 heterocycles. The molecular formula is C14H26N2O4. The van der Waals surface area contributed by atoms with E-state index in [9.17, 15) is 14.7 Å². The number of carbonyl (C=O) groups is 2. The van der Waals surface area contributed by atoms with Gasteiger partial charge in [-0.05, 0) is 19.8 Å². The van der Waals surface area contributed by atoms with E-state index in [1.165, 1.54) is 6.92 Å². The third-order valence-corrected chi connectivity index (χ3v) is 3.56. The summed E-state index contributed by atoms with van der Waals surface area (Å²) in [5.41, 5.74) is -0.524. The Morgan fingerprint density at radius 1 is 1.40 bits per heavy atom. The maximum absolute atomic E-state index is 12.3. The predicted octanol–water partition coefficient (Wildman–Crippen LogP) is -0.119. The van der Waals surface area contributed by atoms with Gasteiger partial charge in [-0.3, -0.25) is 9.59 Å². The third kappa shape index (κ3) is 3.93. The number of nitrogens with one attached hydrogen (secondary N) is 1. The highest BCUT2D eigenvalue weighted by molar-refractivity contribution is 5.90. The molecule has 2 amide bonds. The molecule has 1 fully saturated rings. The molecule has 6 nitrogen and oxygen atoms in total. The topological polar surface area (TPSA) is 89.9 Å². The lowest BCUT2D eigenvalue weighted by molar-refractivity contribution is -0.145. The van der Waals surface area contributed by atoms with Crippen molar-refractivity contribution in [3.63, 3.8) is 0 Å². The van der Waals surface area contributed by atoms with Gasteiger partial charge in [0, 0.05) is 12.0 Å². The number of hydrogen-bond acceptors (Lipinski definition) is 4. The molecule has 0 aromatic carbocycles. The fraction of sp³-hybridized carbons (Fsp3) is 0.857. The summed E-state index contributed by atoms with van der Waals surface area (Å²) in [6, 6.07) is -1.20. The second kappa shape index (κ2) is 6.54. The summed E-state index contributed by atoms with van der Waals surface area (Å²) in [6.45, 7) is 7.24. The monoisotopic (exact) mass is 286 g/mol. The van der Waals surface area contributed by atoms with Crippen molar-refractivity contribution in [1.82, 2.24) is 10.2 Å². The number of aliphatic hydroxyl groups excluding tert-OH is 2. The number of hydrogen-bond donors (Lipinski definition) is 3. The Hall–Kier alpha value is -1.14. The molecule has 0 aromatic heterocycles. The van der Waals surface area contributed by atoms with E-state index in [0.717, 1.165) is 6.42 Å². The Morgan fingerprint density at radius 3 is 2.45 bits per heavy atom. The van der Waals surface area contributed by atoms with Crippen LogP contribution in [0.5, 0.6) is 0 Å². The normalized spacial score (nSPS) is 22.5. The minimum atomic E-state index is -0.836. The van der Waals surface area contributed by atoms with Gasteiger partial charge in [0.15, 0.2) is 0 Å². The highest BCUT2D eigenvalue weighted by atomic mass is 16.3. The molecule has 0 bridgehead atoms. The molecule has 0 aliphatic carbocycles. The van der Waals surface area contributed by atoms with Crippen LogP contribution in [0.25, 0.3) is 0 Å². The van der Waals surface area contributed by atoms with E-state index in [1.54, 1.807) is 4.90 Å². The lowest BCUT2D eigenvalue weighted by Crippen LogP contribution is -2.54. The molecule has 1 aliphatic rings. The van der Waals surface area contributed by atoms with Crippen molar-refractivity contribution in [1.29, 1.82) is 0 Å². The van der Waals surface area contributed by atoms with Gasteiger partial charge in [-0.25, -0.2) is 0 Å². The van der Waals surface area contributed by atoms with Crippen LogP contribution in [0.4, 0.5) is 0 Å². The molecule has 0 aromatic rings. The first-order valence-electron chi connectivity index (χ1n) is 7.09. The van der Waals surface area contributed by atoms with Crippen LogP contribution in [0, 0.1) is 5.41 Å². The van der Waals surface area contributed by atoms with Gasteiger partial charge in [0.05, 0.1) is 18.8 Å². The Kier molecular flexibility index (Phi) is 5.53. The molecular weight excluding hydrogens is 260 g/mol. The van der Waals surface area contributed by atoms with Crippen molar-refractivity contribution < 1.29 is 19.8 Å². The molecule has 20 heavy (non-hydrogen) atoms. The highest BCUT2D eigenvalue weighted by Crippen LogP contribution is 2.25. The predicted molar refractivity (Wildman–Crippen MR) is 74.9 cm³/mol. The fourth-order valence-electron chi connectivity index (χ4n) is 2.31. The van der Waals surface area contributed by atoms with E-state index in [1.807, 2.05) is 20.8 Å². The second-order valence-electron chi connectivity index (χ2n) is 6.44. The van der Waals surface area contributed by atoms with Gasteiger partial charge in [0.2, 0.25) is 11.8 Å². The molecule has 1 unspecified atom stereocenters. The molecule has 3 atom stereocenters. The van der Waals surface area contributed by atoms with Gasteiger partial charge in [-0.15, -0.1) is 0 Å². The molecule has 1 aliphatic heterocycles. The number of aliphatic hydroxyl groups is 2. The quantitative estimate of drug-likeness (QED) is 0.672. The number of nitrogens with zero attached hydrogens (tertiary/aromatic N) is 1. The van der Waals surface area contributed by atoms with Crippen LogP contribution in [0.2, 0.25) is 0 Å². The smallest absolute Gasteiger partial charge is 0.243 e. The van der Waals surface area contributed by atoms with Gasteiger partial charge in [-0.2, -0.15) is 0 Å². The summed E-state index contributed by atoms with van der Waals surface area (Å²) in [7, 11) is 0. The SMILES string of the molecule is C[C@@H](O)[C@H](CO)NC(=O)C1CCCN1C(=O)C(C)(C)C. The number of carbonyl (C=O) groups excluding carboxylic acids is 2. The van der Waals surface area contributed by atoms with Crippen molar-refractivity contribution in [2.24, 2.45) is 5.41 Å². The summed E-state index contributed by atoms with van der Waals surface area (Å²) < 4.78 is 0. The van der Waals surface area contributed by atoms with Gasteiger partial charge < -0.3 is 20.4 Å². The van der Waals surface area contributed by atoms with Crippen molar-refractivity contribution in [2.75, 3.05) is 13.2 Å². The van der Waals surface area contributed by atoms with Crippen LogP contribution < -0.4 is 5.32 Å². The van der Waals surface area contributed by atoms with Gasteiger partial charge in [0.1, 0.15) is 6.04 Å². The van der Waals surface area contributed by atoms with E-state index >= 15 is 0 Å². The first-order chi connectivity index (χ1) is 9.18. The zero-order valence-corrected chi connectivity index (χ0v) is 12.7. The molecule has 6 heteroatoms. The van der Waals surface area contributed by atoms with E-state index in [4.69, 9.17) is 5.11 Å². The van der Waals surface area contributed by atoms with Crippen LogP contribution in [-0.4, -0.2) is 58.3 Å². The molecule has 3 N–H and O–H groups in total. The minimum absolute atomic E-state index is 0.0484. The summed E-state index contributed by atoms with van der Waals surface area (Å²) in [5.74, 6) is -0.354. The third-order valence-electron chi connectivity index (χ3n) is 3.56. The zero-order chi connectivity index (χ0) is 15.5. The van der Waals surface area contributed by atoms with Crippen LogP contribution in [0.15, 0.2) is 0 Å². The Balaban J connectivity index is 2.74. The van der Waals surface area contributed by atoms with Crippen molar-refractivity contribution >= 4 is 11.8 Å². The average Bonchev–Trinajstić information content (AvgIpc) is 2.81. The second-order valence-corrected chi connectivity index (χ2v) is 6.44. The lowest BCUT2D eigenvalue weighted by atomic mass is 9.94. The standard InChI is InChI=1S/C14H26N2O4/c1-9(18)10(8-17)15-12(19)11-6-5-7-16(11)13(20)14(2,3)4/h9-11,17-18H,5-8H2,1-4H3,(H,15,19)/t9-,10+,11?/m1/s1. The first-order valence-corrected chi connectivity index (χ1v) is 7.09. The van der Waals surface area contributed by atoms with Gasteiger partial charge in [0.25, 0.3) is 0 Å². The van der Waals surface area contributed by atoms with Crippen molar-refractivity contribution in [2.45, 2.75) is 58.7 Å². The zero-order valence-electron chi connectivity index (χ0n) is 12.7. The van der Waals surface area contributed by atoms with Crippen molar-refractivity contribution in [3.8, 4) is 0 Å². The fourth-order valence-corrected chi connectivity index (χ4v) is 2.31. The highest BCUT2D eigenvalue weighted by Gasteiger charge is 2.39. The maximum atomic E-state index is 12.3. The molecule has 1 rings (SSSR count). The summed E-state index contributed by atoms with van der Waals surface area (Å²) >= 11 is 0. The van der Waals surface area contributed by atoms with Gasteiger partial charge in [-0.1, -0.05) is 20.8 Å². The first kappa shape index (κ1) is 16.9. The molecule has 0 radical (unpaired) electrons.